The number of alkyl carbamates (subject to hydrolysis) is 1. The van der Waals surface area contributed by atoms with Crippen LogP contribution in [0.2, 0.25) is 0 Å². The van der Waals surface area contributed by atoms with Crippen LogP contribution >= 0.6 is 24.0 Å². The molecule has 0 aromatic carbocycles. The molecule has 0 saturated heterocycles. The number of carbonyl (C=O) groups excluding carboxylic acids is 1. The van der Waals surface area contributed by atoms with Crippen molar-refractivity contribution in [1.82, 2.24) is 10.6 Å². The average molecular weight is 400 g/mol. The van der Waals surface area contributed by atoms with Gasteiger partial charge in [0.05, 0.1) is 19.2 Å². The van der Waals surface area contributed by atoms with Crippen molar-refractivity contribution in [2.75, 3.05) is 19.7 Å². The fourth-order valence-corrected chi connectivity index (χ4v) is 1.61. The highest BCUT2D eigenvalue weighted by Crippen LogP contribution is 2.05. The maximum atomic E-state index is 11.4. The van der Waals surface area contributed by atoms with Gasteiger partial charge in [-0.2, -0.15) is 0 Å². The number of amides is 1. The molecule has 0 aromatic heterocycles. The van der Waals surface area contributed by atoms with Crippen molar-refractivity contribution in [2.24, 2.45) is 16.6 Å². The number of nitrogens with two attached hydrogens (primary N) is 1. The molecular weight excluding hydrogens is 371 g/mol. The van der Waals surface area contributed by atoms with Gasteiger partial charge >= 0.3 is 6.09 Å². The predicted octanol–water partition coefficient (Wildman–Crippen LogP) is 2.08. The normalized spacial score (nSPS) is 12.6. The molecule has 6 nitrogen and oxygen atoms in total. The lowest BCUT2D eigenvalue weighted by Gasteiger charge is -2.18. The number of hydrogen-bond donors (Lipinski definition) is 3. The van der Waals surface area contributed by atoms with Gasteiger partial charge in [-0.15, -0.1) is 24.0 Å². The van der Waals surface area contributed by atoms with Crippen molar-refractivity contribution in [1.29, 1.82) is 0 Å². The van der Waals surface area contributed by atoms with E-state index in [1.54, 1.807) is 6.92 Å². The molecule has 20 heavy (non-hydrogen) atoms. The van der Waals surface area contributed by atoms with Crippen LogP contribution in [-0.2, 0) is 4.74 Å². The molecule has 1 unspecified atom stereocenters. The third-order valence-electron chi connectivity index (χ3n) is 2.39. The van der Waals surface area contributed by atoms with Gasteiger partial charge in [0, 0.05) is 6.54 Å². The number of guanidine groups is 1. The van der Waals surface area contributed by atoms with Gasteiger partial charge in [-0.3, -0.25) is 4.99 Å². The summed E-state index contributed by atoms with van der Waals surface area (Å²) in [5.74, 6) is 0.883. The van der Waals surface area contributed by atoms with Crippen LogP contribution in [-0.4, -0.2) is 37.8 Å². The fraction of sp³-hybridized carbons (Fsp3) is 0.846. The summed E-state index contributed by atoms with van der Waals surface area (Å²) in [6.07, 6.45) is 1.43. The predicted molar refractivity (Wildman–Crippen MR) is 93.6 cm³/mol. The van der Waals surface area contributed by atoms with E-state index < -0.39 is 6.09 Å². The van der Waals surface area contributed by atoms with E-state index in [1.807, 2.05) is 0 Å². The van der Waals surface area contributed by atoms with Gasteiger partial charge in [-0.05, 0) is 25.7 Å². The number of ether oxygens (including phenoxy) is 1. The maximum absolute atomic E-state index is 11.4. The second kappa shape index (κ2) is 13.3. The van der Waals surface area contributed by atoms with Crippen LogP contribution in [0.4, 0.5) is 4.79 Å². The minimum atomic E-state index is -0.400. The molecule has 0 aliphatic heterocycles. The van der Waals surface area contributed by atoms with Crippen LogP contribution in [0.5, 0.6) is 0 Å². The first-order chi connectivity index (χ1) is 8.99. The van der Waals surface area contributed by atoms with Gasteiger partial charge in [-0.25, -0.2) is 4.79 Å². The molecule has 0 bridgehead atoms. The second-order valence-electron chi connectivity index (χ2n) is 4.84. The highest BCUT2D eigenvalue weighted by atomic mass is 127. The fourth-order valence-electron chi connectivity index (χ4n) is 1.61. The third kappa shape index (κ3) is 12.3. The lowest BCUT2D eigenvalue weighted by atomic mass is 10.0. The molecule has 1 amide bonds. The first-order valence-corrected chi connectivity index (χ1v) is 6.96. The Hall–Kier alpha value is -0.730. The summed E-state index contributed by atoms with van der Waals surface area (Å²) in [5.41, 5.74) is 5.72. The molecule has 0 rings (SSSR count). The van der Waals surface area contributed by atoms with Crippen LogP contribution < -0.4 is 16.4 Å². The molecule has 0 aromatic rings. The van der Waals surface area contributed by atoms with Gasteiger partial charge in [-0.1, -0.05) is 20.8 Å². The minimum absolute atomic E-state index is 0. The summed E-state index contributed by atoms with van der Waals surface area (Å²) in [4.78, 5) is 15.7. The first-order valence-electron chi connectivity index (χ1n) is 6.96. The summed E-state index contributed by atoms with van der Waals surface area (Å²) in [7, 11) is 0. The Balaban J connectivity index is 0. The Morgan fingerprint density at radius 1 is 1.35 bits per heavy atom. The van der Waals surface area contributed by atoms with Gasteiger partial charge in [0.1, 0.15) is 0 Å². The van der Waals surface area contributed by atoms with Crippen molar-refractivity contribution in [3.63, 3.8) is 0 Å². The Morgan fingerprint density at radius 2 is 2.00 bits per heavy atom. The van der Waals surface area contributed by atoms with E-state index in [0.717, 1.165) is 19.4 Å². The summed E-state index contributed by atoms with van der Waals surface area (Å²) in [6, 6.07) is -0.0546. The van der Waals surface area contributed by atoms with E-state index in [1.165, 1.54) is 0 Å². The molecular formula is C13H29IN4O2. The van der Waals surface area contributed by atoms with E-state index in [-0.39, 0.29) is 30.0 Å². The molecule has 0 saturated carbocycles. The zero-order valence-electron chi connectivity index (χ0n) is 12.9. The Kier molecular flexibility index (Phi) is 14.3. The smallest absolute Gasteiger partial charge is 0.407 e. The number of rotatable bonds is 8. The van der Waals surface area contributed by atoms with Gasteiger partial charge < -0.3 is 21.1 Å². The number of aliphatic imine (C=N–C) groups is 1. The molecule has 0 aliphatic carbocycles. The number of carbonyl (C=O) groups is 1. The van der Waals surface area contributed by atoms with Crippen LogP contribution in [0.25, 0.3) is 0 Å². The van der Waals surface area contributed by atoms with Crippen LogP contribution in [0, 0.1) is 5.92 Å². The van der Waals surface area contributed by atoms with Crippen molar-refractivity contribution in [2.45, 2.75) is 46.6 Å². The number of hydrogen-bond acceptors (Lipinski definition) is 3. The van der Waals surface area contributed by atoms with Gasteiger partial charge in [0.25, 0.3) is 0 Å². The van der Waals surface area contributed by atoms with E-state index in [2.05, 4.69) is 36.4 Å². The maximum Gasteiger partial charge on any atom is 0.407 e. The summed E-state index contributed by atoms with van der Waals surface area (Å²) >= 11 is 0. The molecule has 0 spiro atoms. The lowest BCUT2D eigenvalue weighted by molar-refractivity contribution is 0.147. The number of halogens is 1. The molecule has 0 heterocycles. The zero-order chi connectivity index (χ0) is 14.7. The zero-order valence-corrected chi connectivity index (χ0v) is 15.3. The Labute approximate surface area is 139 Å². The van der Waals surface area contributed by atoms with E-state index >= 15 is 0 Å². The molecule has 0 fully saturated rings. The molecule has 7 heteroatoms. The Morgan fingerprint density at radius 3 is 2.50 bits per heavy atom. The quantitative estimate of drug-likeness (QED) is 0.331. The molecule has 0 aliphatic rings. The highest BCUT2D eigenvalue weighted by Gasteiger charge is 2.14. The van der Waals surface area contributed by atoms with Crippen molar-refractivity contribution in [3.8, 4) is 0 Å². The van der Waals surface area contributed by atoms with Crippen LogP contribution in [0.3, 0.4) is 0 Å². The monoisotopic (exact) mass is 400 g/mol. The lowest BCUT2D eigenvalue weighted by Crippen LogP contribution is -2.40. The van der Waals surface area contributed by atoms with Crippen LogP contribution in [0.15, 0.2) is 4.99 Å². The van der Waals surface area contributed by atoms with E-state index in [4.69, 9.17) is 10.5 Å². The van der Waals surface area contributed by atoms with Crippen molar-refractivity contribution < 1.29 is 9.53 Å². The standard InChI is InChI=1S/C13H28N4O2.HI/c1-5-7-15-12(14)16-9-11(8-10(3)4)17-13(18)19-6-2;/h10-11H,5-9H2,1-4H3,(H,17,18)(H3,14,15,16);1H. The first kappa shape index (κ1) is 21.6. The van der Waals surface area contributed by atoms with Crippen LogP contribution in [0.1, 0.15) is 40.5 Å². The Bertz CT molecular complexity index is 286. The molecule has 120 valence electrons. The van der Waals surface area contributed by atoms with Gasteiger partial charge in [0.2, 0.25) is 0 Å². The molecule has 4 N–H and O–H groups in total. The SMILES string of the molecule is CCCNC(N)=NCC(CC(C)C)NC(=O)OCC.I. The summed E-state index contributed by atoms with van der Waals surface area (Å²) in [6.45, 7) is 9.66. The summed E-state index contributed by atoms with van der Waals surface area (Å²) in [5, 5.41) is 5.81. The largest absolute Gasteiger partial charge is 0.450 e. The van der Waals surface area contributed by atoms with E-state index in [0.29, 0.717) is 25.0 Å². The van der Waals surface area contributed by atoms with Crippen molar-refractivity contribution in [3.05, 3.63) is 0 Å². The minimum Gasteiger partial charge on any atom is -0.450 e. The molecule has 0 radical (unpaired) electrons. The second-order valence-corrected chi connectivity index (χ2v) is 4.84. The highest BCUT2D eigenvalue weighted by molar-refractivity contribution is 14.0. The summed E-state index contributed by atoms with van der Waals surface area (Å²) < 4.78 is 4.88. The third-order valence-corrected chi connectivity index (χ3v) is 2.39. The van der Waals surface area contributed by atoms with Crippen molar-refractivity contribution >= 4 is 36.0 Å². The molecule has 1 atom stereocenters. The number of nitrogens with one attached hydrogen (secondary N) is 2. The average Bonchev–Trinajstić information content (AvgIpc) is 2.33. The topological polar surface area (TPSA) is 88.7 Å². The number of nitrogens with zero attached hydrogens (tertiary/aromatic N) is 1. The van der Waals surface area contributed by atoms with Gasteiger partial charge in [0.15, 0.2) is 5.96 Å². The van der Waals surface area contributed by atoms with E-state index in [9.17, 15) is 4.79 Å².